The highest BCUT2D eigenvalue weighted by Crippen LogP contribution is 2.36. The number of nitrogens with two attached hydrogens (primary N) is 2. The third kappa shape index (κ3) is 2.47. The monoisotopic (exact) mass is 269 g/mol. The maximum atomic E-state index is 12.7. The molecule has 4 N–H and O–H groups in total. The number of hydrogen-bond donors (Lipinski definition) is 2. The van der Waals surface area contributed by atoms with Gasteiger partial charge in [0.2, 0.25) is 11.8 Å². The minimum atomic E-state index is -0.601. The largest absolute Gasteiger partial charge is 0.381 e. The normalized spacial score (nSPS) is 30.3. The predicted octanol–water partition coefficient (Wildman–Crippen LogP) is -0.534. The lowest BCUT2D eigenvalue weighted by atomic mass is 9.79. The van der Waals surface area contributed by atoms with Gasteiger partial charge in [-0.2, -0.15) is 0 Å². The van der Waals surface area contributed by atoms with Crippen LogP contribution in [0.1, 0.15) is 26.2 Å². The molecule has 2 aliphatic heterocycles. The number of hydrogen-bond acceptors (Lipinski definition) is 4. The Bertz CT molecular complexity index is 379. The molecule has 108 valence electrons. The standard InChI is InChI=1S/C13H23N3O3/c1-12(10(15)17)2-5-16(9-12)11(18)13(8-14)3-6-19-7-4-13/h2-9,14H2,1H3,(H2,15,17). The van der Waals surface area contributed by atoms with E-state index >= 15 is 0 Å². The number of carbonyl (C=O) groups excluding carboxylic acids is 2. The summed E-state index contributed by atoms with van der Waals surface area (Å²) < 4.78 is 5.32. The van der Waals surface area contributed by atoms with Crippen molar-refractivity contribution in [2.24, 2.45) is 22.3 Å². The second kappa shape index (κ2) is 5.09. The first-order valence-corrected chi connectivity index (χ1v) is 6.81. The van der Waals surface area contributed by atoms with Crippen molar-refractivity contribution in [3.63, 3.8) is 0 Å². The van der Waals surface area contributed by atoms with Gasteiger partial charge in [-0.05, 0) is 26.2 Å². The lowest BCUT2D eigenvalue weighted by Gasteiger charge is -2.38. The Hall–Kier alpha value is -1.14. The molecule has 19 heavy (non-hydrogen) atoms. The highest BCUT2D eigenvalue weighted by molar-refractivity contribution is 5.86. The molecule has 2 amide bonds. The average Bonchev–Trinajstić information content (AvgIpc) is 2.83. The van der Waals surface area contributed by atoms with Crippen LogP contribution in [-0.4, -0.2) is 49.6 Å². The van der Waals surface area contributed by atoms with Crippen LogP contribution in [0.25, 0.3) is 0 Å². The summed E-state index contributed by atoms with van der Waals surface area (Å²) in [4.78, 5) is 25.9. The molecule has 1 atom stereocenters. The topological polar surface area (TPSA) is 98.7 Å². The Balaban J connectivity index is 2.10. The van der Waals surface area contributed by atoms with E-state index < -0.39 is 10.8 Å². The van der Waals surface area contributed by atoms with E-state index in [2.05, 4.69) is 0 Å². The molecule has 2 saturated heterocycles. The van der Waals surface area contributed by atoms with Crippen LogP contribution in [0.15, 0.2) is 0 Å². The lowest BCUT2D eigenvalue weighted by Crippen LogP contribution is -2.51. The smallest absolute Gasteiger partial charge is 0.230 e. The molecule has 6 heteroatoms. The molecule has 2 heterocycles. The SMILES string of the molecule is CC1(C(N)=O)CCN(C(=O)C2(CN)CCOCC2)C1. The van der Waals surface area contributed by atoms with Crippen molar-refractivity contribution in [2.75, 3.05) is 32.8 Å². The van der Waals surface area contributed by atoms with Crippen molar-refractivity contribution in [1.29, 1.82) is 0 Å². The van der Waals surface area contributed by atoms with Gasteiger partial charge >= 0.3 is 0 Å². The molecule has 0 aliphatic carbocycles. The van der Waals surface area contributed by atoms with Gasteiger partial charge < -0.3 is 21.1 Å². The van der Waals surface area contributed by atoms with E-state index in [1.165, 1.54) is 0 Å². The van der Waals surface area contributed by atoms with Crippen LogP contribution in [0.5, 0.6) is 0 Å². The fraction of sp³-hybridized carbons (Fsp3) is 0.846. The molecule has 0 aromatic heterocycles. The summed E-state index contributed by atoms with van der Waals surface area (Å²) in [6.45, 7) is 4.29. The number of carbonyl (C=O) groups is 2. The zero-order valence-corrected chi connectivity index (χ0v) is 11.5. The Morgan fingerprint density at radius 1 is 1.26 bits per heavy atom. The number of likely N-dealkylation sites (tertiary alicyclic amines) is 1. The van der Waals surface area contributed by atoms with Crippen molar-refractivity contribution in [3.05, 3.63) is 0 Å². The first-order chi connectivity index (χ1) is 8.93. The minimum absolute atomic E-state index is 0.0586. The summed E-state index contributed by atoms with van der Waals surface area (Å²) >= 11 is 0. The molecule has 0 spiro atoms. The summed E-state index contributed by atoms with van der Waals surface area (Å²) in [6.07, 6.45) is 1.95. The van der Waals surface area contributed by atoms with Crippen molar-refractivity contribution in [3.8, 4) is 0 Å². The molecule has 2 aliphatic rings. The van der Waals surface area contributed by atoms with Crippen LogP contribution in [0.4, 0.5) is 0 Å². The highest BCUT2D eigenvalue weighted by atomic mass is 16.5. The first kappa shape index (κ1) is 14.3. The van der Waals surface area contributed by atoms with E-state index in [4.69, 9.17) is 16.2 Å². The van der Waals surface area contributed by atoms with Gasteiger partial charge in [0.15, 0.2) is 0 Å². The Morgan fingerprint density at radius 3 is 2.37 bits per heavy atom. The fourth-order valence-electron chi connectivity index (χ4n) is 2.94. The minimum Gasteiger partial charge on any atom is -0.381 e. The van der Waals surface area contributed by atoms with Gasteiger partial charge in [0.25, 0.3) is 0 Å². The van der Waals surface area contributed by atoms with Crippen LogP contribution >= 0.6 is 0 Å². The number of ether oxygens (including phenoxy) is 1. The molecular weight excluding hydrogens is 246 g/mol. The van der Waals surface area contributed by atoms with E-state index in [1.54, 1.807) is 4.90 Å². The maximum absolute atomic E-state index is 12.7. The zero-order chi connectivity index (χ0) is 14.1. The fourth-order valence-corrected chi connectivity index (χ4v) is 2.94. The van der Waals surface area contributed by atoms with Gasteiger partial charge in [0.05, 0.1) is 10.8 Å². The van der Waals surface area contributed by atoms with Crippen LogP contribution in [0.2, 0.25) is 0 Å². The summed E-state index contributed by atoms with van der Waals surface area (Å²) in [5.74, 6) is -0.278. The van der Waals surface area contributed by atoms with Crippen molar-refractivity contribution >= 4 is 11.8 Å². The molecule has 0 aromatic rings. The molecule has 0 radical (unpaired) electrons. The summed E-state index contributed by atoms with van der Waals surface area (Å²) in [7, 11) is 0. The van der Waals surface area contributed by atoms with Gasteiger partial charge in [-0.25, -0.2) is 0 Å². The van der Waals surface area contributed by atoms with E-state index in [-0.39, 0.29) is 11.8 Å². The van der Waals surface area contributed by atoms with E-state index in [0.717, 1.165) is 0 Å². The summed E-state index contributed by atoms with van der Waals surface area (Å²) in [5, 5.41) is 0. The van der Waals surface area contributed by atoms with Gasteiger partial charge in [-0.1, -0.05) is 0 Å². The molecular formula is C13H23N3O3. The third-order valence-electron chi connectivity index (χ3n) is 4.65. The number of nitrogens with zero attached hydrogens (tertiary/aromatic N) is 1. The van der Waals surface area contributed by atoms with Crippen LogP contribution in [0, 0.1) is 10.8 Å². The second-order valence-corrected chi connectivity index (χ2v) is 6.00. The maximum Gasteiger partial charge on any atom is 0.230 e. The van der Waals surface area contributed by atoms with Crippen LogP contribution < -0.4 is 11.5 Å². The molecule has 1 unspecified atom stereocenters. The zero-order valence-electron chi connectivity index (χ0n) is 11.5. The molecule has 0 saturated carbocycles. The highest BCUT2D eigenvalue weighted by Gasteiger charge is 2.47. The average molecular weight is 269 g/mol. The van der Waals surface area contributed by atoms with Gasteiger partial charge in [-0.15, -0.1) is 0 Å². The Morgan fingerprint density at radius 2 is 1.89 bits per heavy atom. The van der Waals surface area contributed by atoms with Crippen molar-refractivity contribution in [2.45, 2.75) is 26.2 Å². The molecule has 0 aromatic carbocycles. The second-order valence-electron chi connectivity index (χ2n) is 6.00. The van der Waals surface area contributed by atoms with Gasteiger partial charge in [-0.3, -0.25) is 9.59 Å². The molecule has 6 nitrogen and oxygen atoms in total. The lowest BCUT2D eigenvalue weighted by molar-refractivity contribution is -0.146. The van der Waals surface area contributed by atoms with Crippen LogP contribution in [-0.2, 0) is 14.3 Å². The Labute approximate surface area is 113 Å². The van der Waals surface area contributed by atoms with Crippen molar-refractivity contribution in [1.82, 2.24) is 4.90 Å². The number of amides is 2. The molecule has 2 rings (SSSR count). The quantitative estimate of drug-likeness (QED) is 0.719. The Kier molecular flexibility index (Phi) is 3.82. The first-order valence-electron chi connectivity index (χ1n) is 6.81. The van der Waals surface area contributed by atoms with Gasteiger partial charge in [0.1, 0.15) is 0 Å². The van der Waals surface area contributed by atoms with Crippen LogP contribution in [0.3, 0.4) is 0 Å². The summed E-state index contributed by atoms with van der Waals surface area (Å²) in [5.41, 5.74) is 10.1. The molecule has 2 fully saturated rings. The predicted molar refractivity (Wildman–Crippen MR) is 70.0 cm³/mol. The number of rotatable bonds is 3. The van der Waals surface area contributed by atoms with Gasteiger partial charge in [0, 0.05) is 32.8 Å². The third-order valence-corrected chi connectivity index (χ3v) is 4.65. The van der Waals surface area contributed by atoms with E-state index in [1.807, 2.05) is 6.92 Å². The van der Waals surface area contributed by atoms with E-state index in [0.29, 0.717) is 52.1 Å². The number of primary amides is 1. The van der Waals surface area contributed by atoms with E-state index in [9.17, 15) is 9.59 Å². The molecule has 0 bridgehead atoms. The summed E-state index contributed by atoms with van der Waals surface area (Å²) in [6, 6.07) is 0. The van der Waals surface area contributed by atoms with Crippen molar-refractivity contribution < 1.29 is 14.3 Å².